The first-order valence-electron chi connectivity index (χ1n) is 8.49. The van der Waals surface area contributed by atoms with Crippen molar-refractivity contribution in [1.82, 2.24) is 10.2 Å². The third-order valence-corrected chi connectivity index (χ3v) is 5.81. The third-order valence-electron chi connectivity index (χ3n) is 5.81. The molecule has 0 bridgehead atoms. The molecule has 1 saturated carbocycles. The molecule has 20 heavy (non-hydrogen) atoms. The number of nitrogens with zero attached hydrogens (tertiary/aromatic N) is 1. The van der Waals surface area contributed by atoms with Gasteiger partial charge >= 0.3 is 0 Å². The van der Waals surface area contributed by atoms with E-state index in [0.717, 1.165) is 31.8 Å². The van der Waals surface area contributed by atoms with Gasteiger partial charge in [0.1, 0.15) is 0 Å². The largest absolute Gasteiger partial charge is 0.381 e. The molecule has 2 heterocycles. The number of rotatable bonds is 4. The van der Waals surface area contributed by atoms with Gasteiger partial charge in [-0.15, -0.1) is 6.58 Å². The predicted octanol–water partition coefficient (Wildman–Crippen LogP) is 2.58. The molecule has 2 aliphatic heterocycles. The van der Waals surface area contributed by atoms with Crippen LogP contribution in [0.2, 0.25) is 0 Å². The second-order valence-corrected chi connectivity index (χ2v) is 6.95. The lowest BCUT2D eigenvalue weighted by molar-refractivity contribution is 0.000971. The molecular weight excluding hydrogens is 248 g/mol. The number of hydrogen-bond acceptors (Lipinski definition) is 3. The number of piperidine rings is 1. The summed E-state index contributed by atoms with van der Waals surface area (Å²) in [6.07, 6.45) is 11.4. The fourth-order valence-corrected chi connectivity index (χ4v) is 4.52. The van der Waals surface area contributed by atoms with Crippen LogP contribution in [0.5, 0.6) is 0 Å². The van der Waals surface area contributed by atoms with Crippen LogP contribution in [0.25, 0.3) is 0 Å². The van der Waals surface area contributed by atoms with Crippen LogP contribution in [0.4, 0.5) is 0 Å². The molecule has 0 aromatic rings. The Morgan fingerprint density at radius 2 is 1.90 bits per heavy atom. The fourth-order valence-electron chi connectivity index (χ4n) is 4.52. The summed E-state index contributed by atoms with van der Waals surface area (Å²) >= 11 is 0. The predicted molar refractivity (Wildman–Crippen MR) is 82.9 cm³/mol. The molecule has 1 N–H and O–H groups in total. The van der Waals surface area contributed by atoms with E-state index in [2.05, 4.69) is 16.8 Å². The van der Waals surface area contributed by atoms with Crippen LogP contribution >= 0.6 is 0 Å². The molecule has 0 aromatic heterocycles. The SMILES string of the molecule is C=CCN1CCC(N[C@@H]2CCCC23CCOCC3)CC1. The minimum Gasteiger partial charge on any atom is -0.381 e. The molecule has 0 unspecified atom stereocenters. The molecule has 3 rings (SSSR count). The molecular formula is C17H30N2O. The van der Waals surface area contributed by atoms with Gasteiger partial charge in [-0.25, -0.2) is 0 Å². The van der Waals surface area contributed by atoms with E-state index >= 15 is 0 Å². The molecule has 3 heteroatoms. The zero-order valence-corrected chi connectivity index (χ0v) is 12.8. The molecule has 0 aromatic carbocycles. The Hall–Kier alpha value is -0.380. The van der Waals surface area contributed by atoms with Crippen molar-refractivity contribution in [3.63, 3.8) is 0 Å². The fraction of sp³-hybridized carbons (Fsp3) is 0.882. The van der Waals surface area contributed by atoms with Gasteiger partial charge in [0, 0.05) is 31.8 Å². The topological polar surface area (TPSA) is 24.5 Å². The van der Waals surface area contributed by atoms with Gasteiger partial charge in [0.15, 0.2) is 0 Å². The second kappa shape index (κ2) is 6.59. The molecule has 1 spiro atoms. The highest BCUT2D eigenvalue weighted by Gasteiger charge is 2.44. The Labute approximate surface area is 123 Å². The number of ether oxygens (including phenoxy) is 1. The summed E-state index contributed by atoms with van der Waals surface area (Å²) in [5.74, 6) is 0. The van der Waals surface area contributed by atoms with Gasteiger partial charge in [-0.3, -0.25) is 4.90 Å². The van der Waals surface area contributed by atoms with Gasteiger partial charge in [-0.2, -0.15) is 0 Å². The standard InChI is InChI=1S/C17H30N2O/c1-2-10-19-11-5-15(6-12-19)18-16-4-3-7-17(16)8-13-20-14-9-17/h2,15-16,18H,1,3-14H2/t16-/m1/s1. The van der Waals surface area contributed by atoms with E-state index in [1.165, 1.54) is 58.0 Å². The Balaban J connectivity index is 1.51. The lowest BCUT2D eigenvalue weighted by Crippen LogP contribution is -2.51. The molecule has 3 aliphatic rings. The maximum absolute atomic E-state index is 5.59. The van der Waals surface area contributed by atoms with Gasteiger partial charge in [0.05, 0.1) is 0 Å². The lowest BCUT2D eigenvalue weighted by Gasteiger charge is -2.42. The highest BCUT2D eigenvalue weighted by Crippen LogP contribution is 2.46. The van der Waals surface area contributed by atoms with Gasteiger partial charge in [-0.05, 0) is 57.0 Å². The Morgan fingerprint density at radius 3 is 2.60 bits per heavy atom. The molecule has 0 amide bonds. The van der Waals surface area contributed by atoms with Gasteiger partial charge in [0.2, 0.25) is 0 Å². The van der Waals surface area contributed by atoms with Crippen molar-refractivity contribution in [3.8, 4) is 0 Å². The van der Waals surface area contributed by atoms with Crippen LogP contribution in [0.3, 0.4) is 0 Å². The summed E-state index contributed by atoms with van der Waals surface area (Å²) in [5.41, 5.74) is 0.566. The first kappa shape index (κ1) is 14.6. The summed E-state index contributed by atoms with van der Waals surface area (Å²) in [5, 5.41) is 4.03. The molecule has 0 radical (unpaired) electrons. The van der Waals surface area contributed by atoms with E-state index in [1.54, 1.807) is 0 Å². The van der Waals surface area contributed by atoms with Crippen LogP contribution < -0.4 is 5.32 Å². The molecule has 1 aliphatic carbocycles. The second-order valence-electron chi connectivity index (χ2n) is 6.95. The first-order valence-corrected chi connectivity index (χ1v) is 8.49. The molecule has 3 fully saturated rings. The maximum atomic E-state index is 5.59. The first-order chi connectivity index (χ1) is 9.82. The zero-order chi connectivity index (χ0) is 13.8. The summed E-state index contributed by atoms with van der Waals surface area (Å²) in [6.45, 7) is 9.32. The molecule has 114 valence electrons. The zero-order valence-electron chi connectivity index (χ0n) is 12.8. The van der Waals surface area contributed by atoms with Crippen molar-refractivity contribution in [2.45, 2.75) is 57.0 Å². The third kappa shape index (κ3) is 3.10. The average molecular weight is 278 g/mol. The van der Waals surface area contributed by atoms with Gasteiger partial charge in [0.25, 0.3) is 0 Å². The van der Waals surface area contributed by atoms with Crippen LogP contribution in [-0.4, -0.2) is 49.8 Å². The minimum absolute atomic E-state index is 0.566. The Morgan fingerprint density at radius 1 is 1.15 bits per heavy atom. The van der Waals surface area contributed by atoms with Gasteiger partial charge in [-0.1, -0.05) is 12.5 Å². The van der Waals surface area contributed by atoms with Crippen molar-refractivity contribution in [1.29, 1.82) is 0 Å². The van der Waals surface area contributed by atoms with Crippen molar-refractivity contribution in [2.24, 2.45) is 5.41 Å². The highest BCUT2D eigenvalue weighted by atomic mass is 16.5. The van der Waals surface area contributed by atoms with Crippen LogP contribution in [0, 0.1) is 5.41 Å². The van der Waals surface area contributed by atoms with Crippen molar-refractivity contribution in [2.75, 3.05) is 32.8 Å². The number of nitrogens with one attached hydrogen (secondary N) is 1. The van der Waals surface area contributed by atoms with Crippen molar-refractivity contribution < 1.29 is 4.74 Å². The highest BCUT2D eigenvalue weighted by molar-refractivity contribution is 4.99. The lowest BCUT2D eigenvalue weighted by atomic mass is 9.75. The van der Waals surface area contributed by atoms with Crippen molar-refractivity contribution >= 4 is 0 Å². The minimum atomic E-state index is 0.566. The average Bonchev–Trinajstić information content (AvgIpc) is 2.84. The van der Waals surface area contributed by atoms with Crippen LogP contribution in [0.1, 0.15) is 44.9 Å². The monoisotopic (exact) mass is 278 g/mol. The molecule has 1 atom stereocenters. The normalized spacial score (nSPS) is 31.7. The maximum Gasteiger partial charge on any atom is 0.0471 e. The van der Waals surface area contributed by atoms with E-state index < -0.39 is 0 Å². The van der Waals surface area contributed by atoms with E-state index in [0.29, 0.717) is 5.41 Å². The van der Waals surface area contributed by atoms with E-state index in [9.17, 15) is 0 Å². The van der Waals surface area contributed by atoms with E-state index in [4.69, 9.17) is 4.74 Å². The van der Waals surface area contributed by atoms with E-state index in [-0.39, 0.29) is 0 Å². The van der Waals surface area contributed by atoms with Crippen LogP contribution in [-0.2, 0) is 4.74 Å². The summed E-state index contributed by atoms with van der Waals surface area (Å²) in [7, 11) is 0. The molecule has 3 nitrogen and oxygen atoms in total. The van der Waals surface area contributed by atoms with Crippen LogP contribution in [0.15, 0.2) is 12.7 Å². The van der Waals surface area contributed by atoms with E-state index in [1.807, 2.05) is 6.08 Å². The summed E-state index contributed by atoms with van der Waals surface area (Å²) in [4.78, 5) is 2.52. The van der Waals surface area contributed by atoms with Crippen molar-refractivity contribution in [3.05, 3.63) is 12.7 Å². The van der Waals surface area contributed by atoms with Gasteiger partial charge < -0.3 is 10.1 Å². The smallest absolute Gasteiger partial charge is 0.0471 e. The number of likely N-dealkylation sites (tertiary alicyclic amines) is 1. The summed E-state index contributed by atoms with van der Waals surface area (Å²) in [6, 6.07) is 1.49. The Kier molecular flexibility index (Phi) is 4.79. The Bertz CT molecular complexity index is 317. The molecule has 2 saturated heterocycles. The summed E-state index contributed by atoms with van der Waals surface area (Å²) < 4.78 is 5.59. The number of hydrogen-bond donors (Lipinski definition) is 1. The quantitative estimate of drug-likeness (QED) is 0.800.